The molecule has 0 aliphatic carbocycles. The van der Waals surface area contributed by atoms with Gasteiger partial charge in [-0.05, 0) is 17.7 Å². The number of nitrogens with zero attached hydrogens (tertiary/aromatic N) is 1. The van der Waals surface area contributed by atoms with Gasteiger partial charge in [-0.15, -0.1) is 0 Å². The molecule has 0 saturated heterocycles. The summed E-state index contributed by atoms with van der Waals surface area (Å²) in [5.41, 5.74) is 0.606. The van der Waals surface area contributed by atoms with Crippen LogP contribution in [0.5, 0.6) is 5.75 Å². The van der Waals surface area contributed by atoms with E-state index >= 15 is 0 Å². The first-order valence-corrected chi connectivity index (χ1v) is 7.41. The quantitative estimate of drug-likeness (QED) is 0.876. The van der Waals surface area contributed by atoms with Gasteiger partial charge in [-0.25, -0.2) is 0 Å². The smallest absolute Gasteiger partial charge is 0.225 e. The van der Waals surface area contributed by atoms with Gasteiger partial charge in [0.2, 0.25) is 11.8 Å². The fraction of sp³-hybridized carbons (Fsp3) is 0.529. The predicted octanol–water partition coefficient (Wildman–Crippen LogP) is 2.21. The van der Waals surface area contributed by atoms with Crippen LogP contribution in [0.25, 0.3) is 0 Å². The van der Waals surface area contributed by atoms with Crippen LogP contribution >= 0.6 is 0 Å². The van der Waals surface area contributed by atoms with Crippen LogP contribution in [0.4, 0.5) is 0 Å². The fourth-order valence-corrected chi connectivity index (χ4v) is 1.87. The number of methoxy groups -OCH3 is 1. The summed E-state index contributed by atoms with van der Waals surface area (Å²) in [7, 11) is 1.62. The molecular formula is C17H26N2O3. The van der Waals surface area contributed by atoms with E-state index in [4.69, 9.17) is 4.74 Å². The summed E-state index contributed by atoms with van der Waals surface area (Å²) < 4.78 is 5.12. The zero-order chi connectivity index (χ0) is 16.8. The molecule has 2 amide bonds. The molecule has 1 aromatic carbocycles. The van der Waals surface area contributed by atoms with Crippen molar-refractivity contribution >= 4 is 11.8 Å². The molecule has 0 radical (unpaired) electrons. The van der Waals surface area contributed by atoms with Crippen molar-refractivity contribution in [2.75, 3.05) is 20.2 Å². The first kappa shape index (κ1) is 18.0. The summed E-state index contributed by atoms with van der Waals surface area (Å²) in [6.07, 6.45) is 0. The van der Waals surface area contributed by atoms with Crippen molar-refractivity contribution < 1.29 is 14.3 Å². The van der Waals surface area contributed by atoms with Gasteiger partial charge in [0.25, 0.3) is 0 Å². The van der Waals surface area contributed by atoms with Gasteiger partial charge in [0, 0.05) is 32.0 Å². The molecule has 0 aliphatic heterocycles. The highest BCUT2D eigenvalue weighted by molar-refractivity contribution is 5.81. The van der Waals surface area contributed by atoms with Gasteiger partial charge in [-0.3, -0.25) is 9.59 Å². The average Bonchev–Trinajstić information content (AvgIpc) is 2.45. The first-order valence-electron chi connectivity index (χ1n) is 7.41. The minimum Gasteiger partial charge on any atom is -0.497 e. The second-order valence-corrected chi connectivity index (χ2v) is 6.29. The van der Waals surface area contributed by atoms with Gasteiger partial charge in [0.15, 0.2) is 0 Å². The molecule has 0 atom stereocenters. The molecule has 0 fully saturated rings. The van der Waals surface area contributed by atoms with E-state index in [1.165, 1.54) is 6.92 Å². The Hall–Kier alpha value is -2.04. The Morgan fingerprint density at radius 1 is 1.18 bits per heavy atom. The van der Waals surface area contributed by atoms with Gasteiger partial charge in [-0.1, -0.05) is 32.9 Å². The summed E-state index contributed by atoms with van der Waals surface area (Å²) in [5, 5.41) is 2.86. The van der Waals surface area contributed by atoms with Gasteiger partial charge in [0.05, 0.1) is 7.11 Å². The van der Waals surface area contributed by atoms with E-state index in [9.17, 15) is 9.59 Å². The van der Waals surface area contributed by atoms with E-state index in [0.29, 0.717) is 19.6 Å². The van der Waals surface area contributed by atoms with E-state index in [0.717, 1.165) is 11.3 Å². The first-order chi connectivity index (χ1) is 10.2. The number of nitrogens with one attached hydrogen (secondary N) is 1. The number of benzene rings is 1. The molecule has 1 N–H and O–H groups in total. The van der Waals surface area contributed by atoms with Crippen molar-refractivity contribution in [2.45, 2.75) is 34.2 Å². The largest absolute Gasteiger partial charge is 0.497 e. The van der Waals surface area contributed by atoms with Gasteiger partial charge < -0.3 is 15.0 Å². The van der Waals surface area contributed by atoms with Crippen LogP contribution < -0.4 is 10.1 Å². The maximum atomic E-state index is 11.8. The van der Waals surface area contributed by atoms with Crippen molar-refractivity contribution in [2.24, 2.45) is 5.41 Å². The van der Waals surface area contributed by atoms with E-state index in [1.54, 1.807) is 12.0 Å². The molecule has 122 valence electrons. The Balaban J connectivity index is 2.55. The molecule has 1 rings (SSSR count). The highest BCUT2D eigenvalue weighted by atomic mass is 16.5. The Morgan fingerprint density at radius 2 is 1.77 bits per heavy atom. The lowest BCUT2D eigenvalue weighted by Crippen LogP contribution is -2.41. The zero-order valence-electron chi connectivity index (χ0n) is 14.1. The van der Waals surface area contributed by atoms with Crippen molar-refractivity contribution in [3.63, 3.8) is 0 Å². The lowest BCUT2D eigenvalue weighted by Gasteiger charge is -2.23. The van der Waals surface area contributed by atoms with E-state index in [1.807, 2.05) is 45.0 Å². The lowest BCUT2D eigenvalue weighted by atomic mass is 9.96. The Kier molecular flexibility index (Phi) is 6.40. The predicted molar refractivity (Wildman–Crippen MR) is 86.5 cm³/mol. The second kappa shape index (κ2) is 7.82. The van der Waals surface area contributed by atoms with Gasteiger partial charge >= 0.3 is 0 Å². The van der Waals surface area contributed by atoms with E-state index in [-0.39, 0.29) is 11.8 Å². The minimum atomic E-state index is -0.420. The van der Waals surface area contributed by atoms with Crippen LogP contribution in [0.1, 0.15) is 33.3 Å². The molecule has 0 aliphatic rings. The number of ether oxygens (including phenoxy) is 1. The SMILES string of the molecule is COc1ccc(CN(CCNC(=O)C(C)(C)C)C(C)=O)cc1. The fourth-order valence-electron chi connectivity index (χ4n) is 1.87. The molecule has 0 spiro atoms. The van der Waals surface area contributed by atoms with Crippen LogP contribution in [0, 0.1) is 5.41 Å². The monoisotopic (exact) mass is 306 g/mol. The van der Waals surface area contributed by atoms with Crippen LogP contribution in [0.2, 0.25) is 0 Å². The zero-order valence-corrected chi connectivity index (χ0v) is 14.1. The summed E-state index contributed by atoms with van der Waals surface area (Å²) in [6, 6.07) is 7.61. The molecule has 0 unspecified atom stereocenters. The molecular weight excluding hydrogens is 280 g/mol. The third kappa shape index (κ3) is 5.76. The Morgan fingerprint density at radius 3 is 2.23 bits per heavy atom. The van der Waals surface area contributed by atoms with Gasteiger partial charge in [0.1, 0.15) is 5.75 Å². The highest BCUT2D eigenvalue weighted by Crippen LogP contribution is 2.14. The number of hydrogen-bond donors (Lipinski definition) is 1. The average molecular weight is 306 g/mol. The number of carbonyl (C=O) groups excluding carboxylic acids is 2. The molecule has 22 heavy (non-hydrogen) atoms. The maximum absolute atomic E-state index is 11.8. The van der Waals surface area contributed by atoms with E-state index < -0.39 is 5.41 Å². The molecule has 0 saturated carbocycles. The molecule has 5 heteroatoms. The topological polar surface area (TPSA) is 58.6 Å². The number of carbonyl (C=O) groups is 2. The Bertz CT molecular complexity index is 504. The van der Waals surface area contributed by atoms with Crippen molar-refractivity contribution in [3.05, 3.63) is 29.8 Å². The standard InChI is InChI=1S/C17H26N2O3/c1-13(20)19(11-10-18-16(21)17(2,3)4)12-14-6-8-15(22-5)9-7-14/h6-9H,10-12H2,1-5H3,(H,18,21). The normalized spacial score (nSPS) is 11.0. The Labute approximate surface area is 132 Å². The van der Waals surface area contributed by atoms with Gasteiger partial charge in [-0.2, -0.15) is 0 Å². The second-order valence-electron chi connectivity index (χ2n) is 6.29. The lowest BCUT2D eigenvalue weighted by molar-refractivity contribution is -0.131. The minimum absolute atomic E-state index is 0.0131. The van der Waals surface area contributed by atoms with Crippen molar-refractivity contribution in [3.8, 4) is 5.75 Å². The van der Waals surface area contributed by atoms with Crippen LogP contribution in [0.15, 0.2) is 24.3 Å². The van der Waals surface area contributed by atoms with Crippen LogP contribution in [-0.2, 0) is 16.1 Å². The van der Waals surface area contributed by atoms with Crippen molar-refractivity contribution in [1.29, 1.82) is 0 Å². The van der Waals surface area contributed by atoms with Crippen LogP contribution in [0.3, 0.4) is 0 Å². The maximum Gasteiger partial charge on any atom is 0.225 e. The number of amides is 2. The summed E-state index contributed by atoms with van der Waals surface area (Å²) in [4.78, 5) is 25.3. The summed E-state index contributed by atoms with van der Waals surface area (Å²) in [5.74, 6) is 0.761. The molecule has 0 bridgehead atoms. The molecule has 1 aromatic rings. The number of hydrogen-bond acceptors (Lipinski definition) is 3. The molecule has 0 heterocycles. The summed E-state index contributed by atoms with van der Waals surface area (Å²) in [6.45, 7) is 8.59. The summed E-state index contributed by atoms with van der Waals surface area (Å²) >= 11 is 0. The van der Waals surface area contributed by atoms with Crippen LogP contribution in [-0.4, -0.2) is 36.9 Å². The molecule has 0 aromatic heterocycles. The van der Waals surface area contributed by atoms with Crippen molar-refractivity contribution in [1.82, 2.24) is 10.2 Å². The third-order valence-corrected chi connectivity index (χ3v) is 3.33. The highest BCUT2D eigenvalue weighted by Gasteiger charge is 2.20. The molecule has 5 nitrogen and oxygen atoms in total. The number of rotatable bonds is 6. The van der Waals surface area contributed by atoms with E-state index in [2.05, 4.69) is 5.32 Å². The third-order valence-electron chi connectivity index (χ3n) is 3.33.